The summed E-state index contributed by atoms with van der Waals surface area (Å²) < 4.78 is 0. The molecule has 1 amide bonds. The fraction of sp³-hybridized carbons (Fsp3) is 0.375. The largest absolute Gasteiger partial charge is 0.337 e. The van der Waals surface area contributed by atoms with Crippen LogP contribution in [0.15, 0.2) is 30.6 Å². The summed E-state index contributed by atoms with van der Waals surface area (Å²) in [6, 6.07) is 6.00. The summed E-state index contributed by atoms with van der Waals surface area (Å²) in [6.45, 7) is 0.606. The van der Waals surface area contributed by atoms with E-state index in [1.54, 1.807) is 22.4 Å². The third-order valence-corrected chi connectivity index (χ3v) is 4.92. The number of amides is 1. The van der Waals surface area contributed by atoms with Gasteiger partial charge >= 0.3 is 0 Å². The number of nitrogens with zero attached hydrogens (tertiary/aromatic N) is 2. The fourth-order valence-electron chi connectivity index (χ4n) is 2.62. The molecule has 3 nitrogen and oxygen atoms in total. The van der Waals surface area contributed by atoms with E-state index in [9.17, 15) is 4.79 Å². The third kappa shape index (κ3) is 2.75. The van der Waals surface area contributed by atoms with Crippen LogP contribution < -0.4 is 0 Å². The van der Waals surface area contributed by atoms with Gasteiger partial charge in [0.2, 0.25) is 0 Å². The Hall–Kier alpha value is -1.68. The summed E-state index contributed by atoms with van der Waals surface area (Å²) in [4.78, 5) is 20.6. The maximum atomic E-state index is 12.5. The minimum Gasteiger partial charge on any atom is -0.337 e. The maximum absolute atomic E-state index is 12.5. The van der Waals surface area contributed by atoms with Gasteiger partial charge in [0.1, 0.15) is 0 Å². The van der Waals surface area contributed by atoms with Gasteiger partial charge in [-0.25, -0.2) is 0 Å². The first-order valence-electron chi connectivity index (χ1n) is 7.00. The number of aromatic nitrogens is 1. The summed E-state index contributed by atoms with van der Waals surface area (Å²) in [5.41, 5.74) is 2.45. The van der Waals surface area contributed by atoms with E-state index in [0.29, 0.717) is 6.54 Å². The molecule has 104 valence electrons. The van der Waals surface area contributed by atoms with Crippen LogP contribution in [0, 0.1) is 0 Å². The van der Waals surface area contributed by atoms with E-state index in [0.717, 1.165) is 23.3 Å². The van der Waals surface area contributed by atoms with Gasteiger partial charge < -0.3 is 4.90 Å². The van der Waals surface area contributed by atoms with Crippen LogP contribution >= 0.6 is 11.3 Å². The Bertz CT molecular complexity index is 583. The monoisotopic (exact) mass is 286 g/mol. The highest BCUT2D eigenvalue weighted by Crippen LogP contribution is 2.30. The molecular formula is C16H18N2OS. The average molecular weight is 286 g/mol. The predicted molar refractivity (Wildman–Crippen MR) is 81.0 cm³/mol. The second-order valence-electron chi connectivity index (χ2n) is 5.29. The number of carbonyl (C=O) groups excluding carboxylic acids is 1. The molecule has 2 heterocycles. The summed E-state index contributed by atoms with van der Waals surface area (Å²) in [6.07, 6.45) is 8.34. The van der Waals surface area contributed by atoms with E-state index in [2.05, 4.69) is 11.1 Å². The van der Waals surface area contributed by atoms with E-state index >= 15 is 0 Å². The molecule has 0 aliphatic heterocycles. The Morgan fingerprint density at radius 1 is 1.40 bits per heavy atom. The van der Waals surface area contributed by atoms with E-state index < -0.39 is 0 Å². The van der Waals surface area contributed by atoms with Crippen molar-refractivity contribution >= 4 is 17.2 Å². The normalized spacial score (nSPS) is 13.8. The van der Waals surface area contributed by atoms with E-state index in [-0.39, 0.29) is 5.91 Å². The van der Waals surface area contributed by atoms with Crippen LogP contribution in [0.4, 0.5) is 0 Å². The Labute approximate surface area is 123 Å². The Morgan fingerprint density at radius 3 is 3.00 bits per heavy atom. The first kappa shape index (κ1) is 13.3. The van der Waals surface area contributed by atoms with Crippen LogP contribution in [-0.4, -0.2) is 22.8 Å². The molecule has 2 aromatic rings. The zero-order valence-electron chi connectivity index (χ0n) is 11.6. The highest BCUT2D eigenvalue weighted by Gasteiger charge is 2.19. The van der Waals surface area contributed by atoms with E-state index in [1.165, 1.54) is 23.3 Å². The van der Waals surface area contributed by atoms with Gasteiger partial charge in [0.15, 0.2) is 0 Å². The molecule has 0 bridgehead atoms. The van der Waals surface area contributed by atoms with Gasteiger partial charge in [0.05, 0.1) is 4.88 Å². The zero-order chi connectivity index (χ0) is 13.9. The van der Waals surface area contributed by atoms with Crippen LogP contribution in [0.1, 0.15) is 38.5 Å². The van der Waals surface area contributed by atoms with Crippen molar-refractivity contribution in [3.8, 4) is 0 Å². The van der Waals surface area contributed by atoms with Crippen molar-refractivity contribution in [3.63, 3.8) is 0 Å². The van der Waals surface area contributed by atoms with Crippen molar-refractivity contribution < 1.29 is 4.79 Å². The number of aryl methyl sites for hydroxylation is 2. The number of rotatable bonds is 3. The van der Waals surface area contributed by atoms with Crippen molar-refractivity contribution in [3.05, 3.63) is 51.5 Å². The van der Waals surface area contributed by atoms with Gasteiger partial charge in [0.25, 0.3) is 5.91 Å². The van der Waals surface area contributed by atoms with Gasteiger partial charge in [0, 0.05) is 30.9 Å². The Balaban J connectivity index is 1.73. The van der Waals surface area contributed by atoms with Crippen LogP contribution in [0.25, 0.3) is 0 Å². The zero-order valence-corrected chi connectivity index (χ0v) is 12.4. The molecule has 2 aromatic heterocycles. The summed E-state index contributed by atoms with van der Waals surface area (Å²) >= 11 is 1.68. The quantitative estimate of drug-likeness (QED) is 0.867. The highest BCUT2D eigenvalue weighted by molar-refractivity contribution is 7.14. The summed E-state index contributed by atoms with van der Waals surface area (Å²) in [5.74, 6) is 0.119. The molecule has 0 fully saturated rings. The molecule has 20 heavy (non-hydrogen) atoms. The Kier molecular flexibility index (Phi) is 3.83. The summed E-state index contributed by atoms with van der Waals surface area (Å²) in [5, 5.41) is 0. The number of carbonyl (C=O) groups is 1. The first-order valence-corrected chi connectivity index (χ1v) is 7.81. The van der Waals surface area contributed by atoms with Gasteiger partial charge in [-0.2, -0.15) is 0 Å². The molecule has 1 aliphatic carbocycles. The molecule has 0 N–H and O–H groups in total. The lowest BCUT2D eigenvalue weighted by Crippen LogP contribution is -2.25. The second-order valence-corrected chi connectivity index (χ2v) is 6.43. The first-order chi connectivity index (χ1) is 9.74. The minimum atomic E-state index is 0.119. The van der Waals surface area contributed by atoms with Gasteiger partial charge in [-0.15, -0.1) is 11.3 Å². The van der Waals surface area contributed by atoms with E-state index in [4.69, 9.17) is 0 Å². The Morgan fingerprint density at radius 2 is 2.25 bits per heavy atom. The number of hydrogen-bond acceptors (Lipinski definition) is 3. The van der Waals surface area contributed by atoms with Crippen LogP contribution in [0.2, 0.25) is 0 Å². The maximum Gasteiger partial charge on any atom is 0.263 e. The minimum absolute atomic E-state index is 0.119. The van der Waals surface area contributed by atoms with Crippen molar-refractivity contribution in [2.75, 3.05) is 7.05 Å². The molecule has 0 atom stereocenters. The third-order valence-electron chi connectivity index (χ3n) is 3.70. The average Bonchev–Trinajstić information content (AvgIpc) is 2.91. The lowest BCUT2D eigenvalue weighted by molar-refractivity contribution is 0.0789. The van der Waals surface area contributed by atoms with Gasteiger partial charge in [-0.1, -0.05) is 6.07 Å². The molecular weight excluding hydrogens is 268 g/mol. The van der Waals surface area contributed by atoms with Crippen molar-refractivity contribution in [2.45, 2.75) is 32.2 Å². The van der Waals surface area contributed by atoms with Crippen LogP contribution in [-0.2, 0) is 19.4 Å². The molecule has 1 aliphatic rings. The molecule has 0 spiro atoms. The molecule has 0 saturated heterocycles. The van der Waals surface area contributed by atoms with Gasteiger partial charge in [-0.05, 0) is 48.9 Å². The standard InChI is InChI=1S/C16H18N2OS/c1-18(11-12-5-4-8-17-10-12)16(19)15-9-13-6-2-3-7-14(13)20-15/h4-5,8-10H,2-3,6-7,11H2,1H3. The van der Waals surface area contributed by atoms with Crippen molar-refractivity contribution in [1.82, 2.24) is 9.88 Å². The number of hydrogen-bond donors (Lipinski definition) is 0. The molecule has 0 radical (unpaired) electrons. The molecule has 0 saturated carbocycles. The molecule has 4 heteroatoms. The second kappa shape index (κ2) is 5.75. The number of thiophene rings is 1. The number of fused-ring (bicyclic) bond motifs is 1. The van der Waals surface area contributed by atoms with Crippen molar-refractivity contribution in [2.24, 2.45) is 0 Å². The SMILES string of the molecule is CN(Cc1cccnc1)C(=O)c1cc2c(s1)CCCC2. The summed E-state index contributed by atoms with van der Waals surface area (Å²) in [7, 11) is 1.86. The lowest BCUT2D eigenvalue weighted by Gasteiger charge is -2.15. The van der Waals surface area contributed by atoms with Crippen molar-refractivity contribution in [1.29, 1.82) is 0 Å². The molecule has 3 rings (SSSR count). The highest BCUT2D eigenvalue weighted by atomic mass is 32.1. The van der Waals surface area contributed by atoms with Crippen LogP contribution in [0.3, 0.4) is 0 Å². The molecule has 0 aromatic carbocycles. The smallest absolute Gasteiger partial charge is 0.263 e. The molecule has 0 unspecified atom stereocenters. The van der Waals surface area contributed by atoms with Crippen LogP contribution in [0.5, 0.6) is 0 Å². The van der Waals surface area contributed by atoms with E-state index in [1.807, 2.05) is 25.4 Å². The van der Waals surface area contributed by atoms with Gasteiger partial charge in [-0.3, -0.25) is 9.78 Å². The topological polar surface area (TPSA) is 33.2 Å². The number of pyridine rings is 1. The fourth-order valence-corrected chi connectivity index (χ4v) is 3.87. The predicted octanol–water partition coefficient (Wildman–Crippen LogP) is 3.29. The lowest BCUT2D eigenvalue weighted by atomic mass is 9.99.